The Morgan fingerprint density at radius 1 is 1.43 bits per heavy atom. The van der Waals surface area contributed by atoms with Crippen molar-refractivity contribution in [2.24, 2.45) is 0 Å². The highest BCUT2D eigenvalue weighted by Crippen LogP contribution is 2.26. The smallest absolute Gasteiger partial charge is 0.319 e. The lowest BCUT2D eigenvalue weighted by Crippen LogP contribution is -2.55. The van der Waals surface area contributed by atoms with Gasteiger partial charge < -0.3 is 15.7 Å². The van der Waals surface area contributed by atoms with Crippen molar-refractivity contribution >= 4 is 29.3 Å². The minimum atomic E-state index is -0.863. The van der Waals surface area contributed by atoms with Gasteiger partial charge in [0.1, 0.15) is 0 Å². The third-order valence-corrected chi connectivity index (χ3v) is 4.20. The van der Waals surface area contributed by atoms with Gasteiger partial charge in [0, 0.05) is 12.1 Å². The first kappa shape index (κ1) is 17.5. The SMILES string of the molecule is CCN(CC(=O)O)C1CC(NC(=O)Nc2cccc(Cl)c2F)C1. The number of anilines is 1. The quantitative estimate of drug-likeness (QED) is 0.741. The van der Waals surface area contributed by atoms with Crippen LogP contribution in [0.1, 0.15) is 19.8 Å². The highest BCUT2D eigenvalue weighted by Gasteiger charge is 2.34. The van der Waals surface area contributed by atoms with Gasteiger partial charge in [-0.25, -0.2) is 9.18 Å². The number of nitrogens with zero attached hydrogens (tertiary/aromatic N) is 1. The fraction of sp³-hybridized carbons (Fsp3) is 0.467. The fourth-order valence-corrected chi connectivity index (χ4v) is 2.80. The third-order valence-electron chi connectivity index (χ3n) is 3.91. The van der Waals surface area contributed by atoms with E-state index in [2.05, 4.69) is 10.6 Å². The second kappa shape index (κ2) is 7.61. The topological polar surface area (TPSA) is 81.7 Å². The largest absolute Gasteiger partial charge is 0.480 e. The molecular weight excluding hydrogens is 325 g/mol. The number of benzene rings is 1. The summed E-state index contributed by atoms with van der Waals surface area (Å²) in [7, 11) is 0. The average molecular weight is 344 g/mol. The number of likely N-dealkylation sites (N-methyl/N-ethyl adjacent to an activating group) is 1. The fourth-order valence-electron chi connectivity index (χ4n) is 2.62. The zero-order valence-electron chi connectivity index (χ0n) is 12.7. The van der Waals surface area contributed by atoms with Crippen LogP contribution in [0.3, 0.4) is 0 Å². The number of halogens is 2. The highest BCUT2D eigenvalue weighted by molar-refractivity contribution is 6.31. The Balaban J connectivity index is 1.80. The van der Waals surface area contributed by atoms with Crippen LogP contribution >= 0.6 is 11.6 Å². The van der Waals surface area contributed by atoms with E-state index in [1.54, 1.807) is 6.07 Å². The standard InChI is InChI=1S/C15H19ClFN3O3/c1-2-20(8-13(21)22)10-6-9(7-10)18-15(23)19-12-5-3-4-11(16)14(12)17/h3-5,9-10H,2,6-8H2,1H3,(H,21,22)(H2,18,19,23). The Hall–Kier alpha value is -1.86. The molecule has 0 aliphatic heterocycles. The van der Waals surface area contributed by atoms with Crippen LogP contribution in [-0.2, 0) is 4.79 Å². The van der Waals surface area contributed by atoms with E-state index in [1.165, 1.54) is 12.1 Å². The Bertz CT molecular complexity index is 593. The molecular formula is C15H19ClFN3O3. The lowest BCUT2D eigenvalue weighted by molar-refractivity contribution is -0.139. The number of carboxylic acids is 1. The van der Waals surface area contributed by atoms with Crippen molar-refractivity contribution in [2.75, 3.05) is 18.4 Å². The molecule has 0 saturated heterocycles. The minimum Gasteiger partial charge on any atom is -0.480 e. The zero-order chi connectivity index (χ0) is 17.0. The number of carbonyl (C=O) groups is 2. The van der Waals surface area contributed by atoms with Gasteiger partial charge >= 0.3 is 12.0 Å². The Labute approximate surface area is 138 Å². The number of rotatable bonds is 6. The van der Waals surface area contributed by atoms with Crippen LogP contribution in [-0.4, -0.2) is 47.2 Å². The van der Waals surface area contributed by atoms with Crippen molar-refractivity contribution in [3.05, 3.63) is 29.0 Å². The van der Waals surface area contributed by atoms with Gasteiger partial charge in [0.25, 0.3) is 0 Å². The molecule has 8 heteroatoms. The summed E-state index contributed by atoms with van der Waals surface area (Å²) >= 11 is 5.65. The van der Waals surface area contributed by atoms with Gasteiger partial charge in [-0.15, -0.1) is 0 Å². The highest BCUT2D eigenvalue weighted by atomic mass is 35.5. The first-order valence-electron chi connectivity index (χ1n) is 7.38. The van der Waals surface area contributed by atoms with Crippen LogP contribution in [0.15, 0.2) is 18.2 Å². The number of hydrogen-bond donors (Lipinski definition) is 3. The molecule has 0 bridgehead atoms. The maximum absolute atomic E-state index is 13.7. The number of hydrogen-bond acceptors (Lipinski definition) is 3. The minimum absolute atomic E-state index is 0.00614. The van der Waals surface area contributed by atoms with Crippen LogP contribution in [0.4, 0.5) is 14.9 Å². The molecule has 23 heavy (non-hydrogen) atoms. The Kier molecular flexibility index (Phi) is 5.79. The molecule has 0 heterocycles. The monoisotopic (exact) mass is 343 g/mol. The van der Waals surface area contributed by atoms with Crippen LogP contribution in [0.5, 0.6) is 0 Å². The average Bonchev–Trinajstić information content (AvgIpc) is 2.45. The number of aliphatic carboxylic acids is 1. The van der Waals surface area contributed by atoms with Crippen LogP contribution in [0.25, 0.3) is 0 Å². The van der Waals surface area contributed by atoms with Crippen molar-refractivity contribution in [1.82, 2.24) is 10.2 Å². The van der Waals surface area contributed by atoms with Gasteiger partial charge in [0.05, 0.1) is 17.3 Å². The van der Waals surface area contributed by atoms with Crippen LogP contribution in [0.2, 0.25) is 5.02 Å². The number of urea groups is 1. The summed E-state index contributed by atoms with van der Waals surface area (Å²) in [5, 5.41) is 13.9. The Morgan fingerprint density at radius 3 is 2.74 bits per heavy atom. The molecule has 0 atom stereocenters. The normalized spacial score (nSPS) is 20.0. The lowest BCUT2D eigenvalue weighted by atomic mass is 9.85. The molecule has 1 fully saturated rings. The maximum Gasteiger partial charge on any atom is 0.319 e. The van der Waals surface area contributed by atoms with E-state index < -0.39 is 17.8 Å². The van der Waals surface area contributed by atoms with Crippen molar-refractivity contribution in [2.45, 2.75) is 31.8 Å². The van der Waals surface area contributed by atoms with Gasteiger partial charge in [-0.2, -0.15) is 0 Å². The molecule has 1 aliphatic carbocycles. The van der Waals surface area contributed by atoms with Crippen molar-refractivity contribution in [3.63, 3.8) is 0 Å². The zero-order valence-corrected chi connectivity index (χ0v) is 13.4. The van der Waals surface area contributed by atoms with Crippen LogP contribution < -0.4 is 10.6 Å². The molecule has 0 radical (unpaired) electrons. The van der Waals surface area contributed by atoms with Crippen LogP contribution in [0, 0.1) is 5.82 Å². The van der Waals surface area contributed by atoms with Gasteiger partial charge in [-0.1, -0.05) is 24.6 Å². The summed E-state index contributed by atoms with van der Waals surface area (Å²) < 4.78 is 13.7. The molecule has 1 aromatic rings. The summed E-state index contributed by atoms with van der Waals surface area (Å²) in [5.41, 5.74) is 0.0203. The van der Waals surface area contributed by atoms with Gasteiger partial charge in [0.15, 0.2) is 5.82 Å². The summed E-state index contributed by atoms with van der Waals surface area (Å²) in [6.07, 6.45) is 1.35. The molecule has 3 N–H and O–H groups in total. The summed E-state index contributed by atoms with van der Waals surface area (Å²) in [5.74, 6) is -1.54. The number of amides is 2. The predicted octanol–water partition coefficient (Wildman–Crippen LogP) is 2.54. The summed E-state index contributed by atoms with van der Waals surface area (Å²) in [6.45, 7) is 2.54. The molecule has 0 unspecified atom stereocenters. The molecule has 6 nitrogen and oxygen atoms in total. The van der Waals surface area contributed by atoms with E-state index in [0.29, 0.717) is 19.4 Å². The summed E-state index contributed by atoms with van der Waals surface area (Å²) in [6, 6.07) is 3.96. The first-order chi connectivity index (χ1) is 10.9. The molecule has 0 spiro atoms. The molecule has 2 amide bonds. The van der Waals surface area contributed by atoms with Gasteiger partial charge in [-0.3, -0.25) is 9.69 Å². The number of carboxylic acid groups (broad SMARTS) is 1. The lowest BCUT2D eigenvalue weighted by Gasteiger charge is -2.42. The van der Waals surface area contributed by atoms with Gasteiger partial charge in [-0.05, 0) is 31.5 Å². The second-order valence-corrected chi connectivity index (χ2v) is 5.89. The molecule has 1 aromatic carbocycles. The van der Waals surface area contributed by atoms with E-state index in [4.69, 9.17) is 16.7 Å². The molecule has 1 saturated carbocycles. The van der Waals surface area contributed by atoms with Crippen molar-refractivity contribution in [3.8, 4) is 0 Å². The third kappa shape index (κ3) is 4.56. The second-order valence-electron chi connectivity index (χ2n) is 5.48. The van der Waals surface area contributed by atoms with E-state index in [-0.39, 0.29) is 29.3 Å². The number of nitrogens with one attached hydrogen (secondary N) is 2. The predicted molar refractivity (Wildman–Crippen MR) is 85.3 cm³/mol. The van der Waals surface area contributed by atoms with E-state index in [9.17, 15) is 14.0 Å². The number of carbonyl (C=O) groups excluding carboxylic acids is 1. The maximum atomic E-state index is 13.7. The van der Waals surface area contributed by atoms with Gasteiger partial charge in [0.2, 0.25) is 0 Å². The molecule has 1 aliphatic rings. The summed E-state index contributed by atoms with van der Waals surface area (Å²) in [4.78, 5) is 24.5. The van der Waals surface area contributed by atoms with Crippen molar-refractivity contribution < 1.29 is 19.1 Å². The first-order valence-corrected chi connectivity index (χ1v) is 7.75. The van der Waals surface area contributed by atoms with E-state index in [0.717, 1.165) is 0 Å². The van der Waals surface area contributed by atoms with Crippen molar-refractivity contribution in [1.29, 1.82) is 0 Å². The Morgan fingerprint density at radius 2 is 2.13 bits per heavy atom. The van der Waals surface area contributed by atoms with E-state index >= 15 is 0 Å². The van der Waals surface area contributed by atoms with E-state index in [1.807, 2.05) is 11.8 Å². The molecule has 0 aromatic heterocycles. The molecule has 126 valence electrons. The molecule has 2 rings (SSSR count).